The van der Waals surface area contributed by atoms with Crippen LogP contribution in [-0.4, -0.2) is 9.67 Å². The van der Waals surface area contributed by atoms with Gasteiger partial charge in [0.2, 0.25) is 0 Å². The van der Waals surface area contributed by atoms with Gasteiger partial charge in [0, 0.05) is 10.4 Å². The smallest absolute Gasteiger partial charge is 0.269 e. The highest BCUT2D eigenvalue weighted by Crippen LogP contribution is 2.32. The standard InChI is InChI=1S/C19H17BrClNO2/c1-2-12-4-3-5-13(7-6-12)11-22-16-9-8-14(21)10-15(16)18(23)17(20)19(22)24/h3,5-10,23H,2,4,11H2,1H3. The van der Waals surface area contributed by atoms with Crippen LogP contribution in [0.15, 0.2) is 62.9 Å². The molecule has 1 aromatic heterocycles. The molecule has 1 N–H and O–H groups in total. The SMILES string of the molecule is CCC1=CC=C(Cn2c(=O)c(Br)c(O)c3cc(Cl)ccc32)C=CC1. The van der Waals surface area contributed by atoms with Crippen LogP contribution < -0.4 is 5.56 Å². The molecule has 1 aliphatic rings. The zero-order chi connectivity index (χ0) is 17.3. The Bertz CT molecular complexity index is 954. The number of aromatic hydroxyl groups is 1. The molecule has 0 amide bonds. The molecule has 3 nitrogen and oxygen atoms in total. The van der Waals surface area contributed by atoms with Crippen LogP contribution in [-0.2, 0) is 6.54 Å². The van der Waals surface area contributed by atoms with Gasteiger partial charge in [0.25, 0.3) is 5.56 Å². The van der Waals surface area contributed by atoms with Gasteiger partial charge < -0.3 is 9.67 Å². The largest absolute Gasteiger partial charge is 0.506 e. The molecule has 0 aliphatic heterocycles. The molecule has 0 spiro atoms. The maximum Gasteiger partial charge on any atom is 0.269 e. The molecule has 0 unspecified atom stereocenters. The third-order valence-corrected chi connectivity index (χ3v) is 5.14. The van der Waals surface area contributed by atoms with Crippen LogP contribution >= 0.6 is 27.5 Å². The normalized spacial score (nSPS) is 14.5. The average molecular weight is 407 g/mol. The van der Waals surface area contributed by atoms with E-state index < -0.39 is 0 Å². The number of benzene rings is 1. The van der Waals surface area contributed by atoms with Gasteiger partial charge in [0.05, 0.1) is 12.1 Å². The van der Waals surface area contributed by atoms with Gasteiger partial charge in [0.15, 0.2) is 0 Å². The monoisotopic (exact) mass is 405 g/mol. The topological polar surface area (TPSA) is 42.2 Å². The van der Waals surface area contributed by atoms with Crippen molar-refractivity contribution in [3.05, 3.63) is 73.5 Å². The Balaban J connectivity index is 2.15. The number of hydrogen-bond acceptors (Lipinski definition) is 2. The third-order valence-electron chi connectivity index (χ3n) is 4.19. The van der Waals surface area contributed by atoms with Crippen LogP contribution in [0, 0.1) is 0 Å². The van der Waals surface area contributed by atoms with Gasteiger partial charge >= 0.3 is 0 Å². The molecule has 1 heterocycles. The molecule has 0 saturated heterocycles. The number of fused-ring (bicyclic) bond motifs is 1. The van der Waals surface area contributed by atoms with Gasteiger partial charge in [-0.2, -0.15) is 0 Å². The van der Waals surface area contributed by atoms with Gasteiger partial charge in [-0.15, -0.1) is 0 Å². The fourth-order valence-corrected chi connectivity index (χ4v) is 3.40. The molecular formula is C19H17BrClNO2. The minimum atomic E-state index is -0.263. The lowest BCUT2D eigenvalue weighted by Crippen LogP contribution is -2.22. The Morgan fingerprint density at radius 3 is 2.88 bits per heavy atom. The highest BCUT2D eigenvalue weighted by molar-refractivity contribution is 9.10. The van der Waals surface area contributed by atoms with Crippen molar-refractivity contribution in [1.82, 2.24) is 4.57 Å². The first-order valence-electron chi connectivity index (χ1n) is 7.77. The Kier molecular flexibility index (Phi) is 4.97. The number of nitrogens with zero attached hydrogens (tertiary/aromatic N) is 1. The first kappa shape index (κ1) is 17.1. The van der Waals surface area contributed by atoms with Gasteiger partial charge in [-0.1, -0.05) is 48.4 Å². The summed E-state index contributed by atoms with van der Waals surface area (Å²) in [6.45, 7) is 2.57. The van der Waals surface area contributed by atoms with Gasteiger partial charge in [-0.05, 0) is 52.5 Å². The molecule has 0 saturated carbocycles. The van der Waals surface area contributed by atoms with Crippen LogP contribution in [0.4, 0.5) is 0 Å². The van der Waals surface area contributed by atoms with Gasteiger partial charge in [0.1, 0.15) is 10.2 Å². The summed E-state index contributed by atoms with van der Waals surface area (Å²) in [6.07, 6.45) is 10.3. The third kappa shape index (κ3) is 3.21. The molecule has 0 radical (unpaired) electrons. The minimum Gasteiger partial charge on any atom is -0.506 e. The first-order chi connectivity index (χ1) is 11.5. The Labute approximate surface area is 153 Å². The summed E-state index contributed by atoms with van der Waals surface area (Å²) in [6, 6.07) is 5.15. The Morgan fingerprint density at radius 2 is 2.12 bits per heavy atom. The Hall–Kier alpha value is -1.78. The fraction of sp³-hybridized carbons (Fsp3) is 0.211. The minimum absolute atomic E-state index is 0.0766. The summed E-state index contributed by atoms with van der Waals surface area (Å²) in [5.41, 5.74) is 2.79. The highest BCUT2D eigenvalue weighted by atomic mass is 79.9. The highest BCUT2D eigenvalue weighted by Gasteiger charge is 2.15. The second-order valence-electron chi connectivity index (χ2n) is 5.74. The van der Waals surface area contributed by atoms with Crippen molar-refractivity contribution in [3.63, 3.8) is 0 Å². The predicted octanol–water partition coefficient (Wildman–Crippen LogP) is 5.35. The van der Waals surface area contributed by atoms with E-state index in [-0.39, 0.29) is 15.8 Å². The average Bonchev–Trinajstić information content (AvgIpc) is 2.82. The lowest BCUT2D eigenvalue weighted by molar-refractivity contribution is 0.475. The molecule has 124 valence electrons. The molecule has 24 heavy (non-hydrogen) atoms. The predicted molar refractivity (Wildman–Crippen MR) is 103 cm³/mol. The molecule has 1 aliphatic carbocycles. The van der Waals surface area contributed by atoms with Crippen molar-refractivity contribution < 1.29 is 5.11 Å². The summed E-state index contributed by atoms with van der Waals surface area (Å²) >= 11 is 9.24. The van der Waals surface area contributed by atoms with E-state index in [1.165, 1.54) is 5.57 Å². The number of allylic oxidation sites excluding steroid dienone is 6. The molecule has 1 aromatic carbocycles. The molecular weight excluding hydrogens is 390 g/mol. The number of halogens is 2. The van der Waals surface area contributed by atoms with Crippen molar-refractivity contribution in [2.75, 3.05) is 0 Å². The summed E-state index contributed by atoms with van der Waals surface area (Å²) in [4.78, 5) is 12.6. The molecule has 0 bridgehead atoms. The zero-order valence-electron chi connectivity index (χ0n) is 13.2. The second-order valence-corrected chi connectivity index (χ2v) is 6.97. The lowest BCUT2D eigenvalue weighted by atomic mass is 10.1. The summed E-state index contributed by atoms with van der Waals surface area (Å²) in [5, 5.41) is 11.3. The summed E-state index contributed by atoms with van der Waals surface area (Å²) in [7, 11) is 0. The number of rotatable bonds is 3. The van der Waals surface area contributed by atoms with Crippen molar-refractivity contribution >= 4 is 38.4 Å². The first-order valence-corrected chi connectivity index (χ1v) is 8.94. The quantitative estimate of drug-likeness (QED) is 0.747. The molecule has 3 rings (SSSR count). The maximum absolute atomic E-state index is 12.6. The molecule has 0 atom stereocenters. The Morgan fingerprint density at radius 1 is 1.33 bits per heavy atom. The van der Waals surface area contributed by atoms with E-state index in [2.05, 4.69) is 41.1 Å². The van der Waals surface area contributed by atoms with E-state index in [9.17, 15) is 9.90 Å². The second kappa shape index (κ2) is 6.99. The van der Waals surface area contributed by atoms with Crippen LogP contribution in [0.2, 0.25) is 5.02 Å². The van der Waals surface area contributed by atoms with Crippen molar-refractivity contribution in [1.29, 1.82) is 0 Å². The number of aromatic nitrogens is 1. The number of hydrogen-bond donors (Lipinski definition) is 1. The van der Waals surface area contributed by atoms with E-state index in [1.807, 2.05) is 6.08 Å². The fourth-order valence-electron chi connectivity index (χ4n) is 2.80. The van der Waals surface area contributed by atoms with Crippen molar-refractivity contribution in [2.24, 2.45) is 0 Å². The molecule has 0 fully saturated rings. The molecule has 2 aromatic rings. The van der Waals surface area contributed by atoms with Crippen LogP contribution in [0.1, 0.15) is 19.8 Å². The molecule has 5 heteroatoms. The summed E-state index contributed by atoms with van der Waals surface area (Å²) in [5.74, 6) is -0.0766. The summed E-state index contributed by atoms with van der Waals surface area (Å²) < 4.78 is 1.80. The van der Waals surface area contributed by atoms with E-state index >= 15 is 0 Å². The van der Waals surface area contributed by atoms with E-state index in [4.69, 9.17) is 11.6 Å². The van der Waals surface area contributed by atoms with Crippen LogP contribution in [0.5, 0.6) is 5.75 Å². The maximum atomic E-state index is 12.6. The van der Waals surface area contributed by atoms with Crippen molar-refractivity contribution in [3.8, 4) is 5.75 Å². The van der Waals surface area contributed by atoms with Crippen molar-refractivity contribution in [2.45, 2.75) is 26.3 Å². The van der Waals surface area contributed by atoms with Crippen LogP contribution in [0.25, 0.3) is 10.9 Å². The van der Waals surface area contributed by atoms with Gasteiger partial charge in [-0.3, -0.25) is 4.79 Å². The van der Waals surface area contributed by atoms with Crippen LogP contribution in [0.3, 0.4) is 0 Å². The van der Waals surface area contributed by atoms with E-state index in [0.29, 0.717) is 22.5 Å². The van der Waals surface area contributed by atoms with E-state index in [0.717, 1.165) is 18.4 Å². The van der Waals surface area contributed by atoms with E-state index in [1.54, 1.807) is 22.8 Å². The van der Waals surface area contributed by atoms with Gasteiger partial charge in [-0.25, -0.2) is 0 Å². The number of pyridine rings is 1. The zero-order valence-corrected chi connectivity index (χ0v) is 15.6. The lowest BCUT2D eigenvalue weighted by Gasteiger charge is -2.13.